The Morgan fingerprint density at radius 1 is 0.648 bits per heavy atom. The minimum atomic E-state index is -0.779. The molecule has 0 N–H and O–H groups in total. The van der Waals surface area contributed by atoms with Gasteiger partial charge >= 0.3 is 12.2 Å². The van der Waals surface area contributed by atoms with Crippen molar-refractivity contribution >= 4 is 35.5 Å². The molecule has 4 amide bonds. The van der Waals surface area contributed by atoms with Crippen LogP contribution in [0.2, 0.25) is 0 Å². The van der Waals surface area contributed by atoms with Gasteiger partial charge in [0.25, 0.3) is 0 Å². The fourth-order valence-electron chi connectivity index (χ4n) is 6.55. The number of carbonyl (C=O) groups excluding carboxylic acids is 5. The van der Waals surface area contributed by atoms with E-state index in [2.05, 4.69) is 5.16 Å². The molecule has 2 saturated heterocycles. The van der Waals surface area contributed by atoms with Crippen LogP contribution in [0.4, 0.5) is 9.59 Å². The standard InChI is InChI=1S/C25H30N2O4.C18H23NO4/c1-18(2)14-23(19(3)26-31-16-21-12-8-5-9-13-21)24(28)27-22(17-30-25(27)29)15-20-10-6-4-7-11-20;1-12(2)9-16(13(3)20)17(21)19-15(11-23-18(19)22)10-14-7-5-4-6-8-14/h4-13,18,22-23H,14-17H2,1-3H3;4-8,12,15-16H,9-11H2,1-3H3/t22-,23+;15-,16+/m00/s1. The first-order valence-corrected chi connectivity index (χ1v) is 18.6. The average Bonchev–Trinajstić information content (AvgIpc) is 3.70. The summed E-state index contributed by atoms with van der Waals surface area (Å²) in [5, 5.41) is 4.22. The molecule has 0 bridgehead atoms. The van der Waals surface area contributed by atoms with Crippen molar-refractivity contribution in [1.82, 2.24) is 9.80 Å². The molecule has 288 valence electrons. The molecule has 2 fully saturated rings. The highest BCUT2D eigenvalue weighted by Crippen LogP contribution is 2.26. The summed E-state index contributed by atoms with van der Waals surface area (Å²) < 4.78 is 10.3. The number of carbonyl (C=O) groups is 5. The monoisotopic (exact) mass is 739 g/mol. The van der Waals surface area contributed by atoms with Gasteiger partial charge in [0, 0.05) is 0 Å². The largest absolute Gasteiger partial charge is 0.447 e. The molecule has 0 radical (unpaired) electrons. The second kappa shape index (κ2) is 20.2. The molecule has 11 heteroatoms. The van der Waals surface area contributed by atoms with Gasteiger partial charge in [0.05, 0.1) is 29.6 Å². The van der Waals surface area contributed by atoms with Crippen molar-refractivity contribution in [2.24, 2.45) is 28.8 Å². The number of Topliss-reactive ketones (excluding diaryl/α,β-unsaturated/α-hetero) is 1. The number of rotatable bonds is 15. The number of nitrogens with zero attached hydrogens (tertiary/aromatic N) is 3. The highest BCUT2D eigenvalue weighted by atomic mass is 16.6. The molecule has 2 aliphatic rings. The smallest absolute Gasteiger partial charge is 0.417 e. The molecule has 0 aromatic heterocycles. The van der Waals surface area contributed by atoms with Crippen molar-refractivity contribution in [3.05, 3.63) is 108 Å². The van der Waals surface area contributed by atoms with Crippen molar-refractivity contribution in [3.8, 4) is 0 Å². The van der Waals surface area contributed by atoms with Crippen molar-refractivity contribution in [2.75, 3.05) is 13.2 Å². The molecule has 2 aliphatic heterocycles. The van der Waals surface area contributed by atoms with Gasteiger partial charge in [0.1, 0.15) is 25.6 Å². The summed E-state index contributed by atoms with van der Waals surface area (Å²) in [6, 6.07) is 28.5. The van der Waals surface area contributed by atoms with Gasteiger partial charge in [-0.15, -0.1) is 0 Å². The first-order valence-electron chi connectivity index (χ1n) is 18.6. The van der Waals surface area contributed by atoms with E-state index >= 15 is 0 Å². The third kappa shape index (κ3) is 11.8. The Kier molecular flexibility index (Phi) is 15.5. The van der Waals surface area contributed by atoms with E-state index in [0.29, 0.717) is 38.0 Å². The number of oxime groups is 1. The lowest BCUT2D eigenvalue weighted by molar-refractivity contribution is -0.139. The van der Waals surface area contributed by atoms with Gasteiger partial charge in [0.15, 0.2) is 0 Å². The van der Waals surface area contributed by atoms with Gasteiger partial charge in [-0.05, 0) is 68.1 Å². The van der Waals surface area contributed by atoms with Crippen LogP contribution in [0.25, 0.3) is 0 Å². The molecular weight excluding hydrogens is 686 g/mol. The molecular formula is C43H53N3O8. The summed E-state index contributed by atoms with van der Waals surface area (Å²) in [6.45, 7) is 11.9. The van der Waals surface area contributed by atoms with Crippen LogP contribution >= 0.6 is 0 Å². The minimum Gasteiger partial charge on any atom is -0.447 e. The molecule has 3 aromatic carbocycles. The van der Waals surface area contributed by atoms with E-state index < -0.39 is 29.9 Å². The lowest BCUT2D eigenvalue weighted by Crippen LogP contribution is -2.45. The molecule has 0 spiro atoms. The zero-order valence-electron chi connectivity index (χ0n) is 32.2. The van der Waals surface area contributed by atoms with Gasteiger partial charge in [-0.1, -0.05) is 124 Å². The zero-order chi connectivity index (χ0) is 39.2. The second-order valence-electron chi connectivity index (χ2n) is 14.7. The van der Waals surface area contributed by atoms with Gasteiger partial charge in [-0.2, -0.15) is 0 Å². The van der Waals surface area contributed by atoms with Crippen LogP contribution in [-0.2, 0) is 48.1 Å². The lowest BCUT2D eigenvalue weighted by Gasteiger charge is -2.25. The van der Waals surface area contributed by atoms with Gasteiger partial charge in [-0.25, -0.2) is 19.4 Å². The Morgan fingerprint density at radius 2 is 1.04 bits per heavy atom. The molecule has 4 atom stereocenters. The molecule has 11 nitrogen and oxygen atoms in total. The first-order chi connectivity index (χ1) is 25.8. The number of imide groups is 2. The lowest BCUT2D eigenvalue weighted by atomic mass is 9.91. The summed E-state index contributed by atoms with van der Waals surface area (Å²) in [7, 11) is 0. The Labute approximate surface area is 318 Å². The molecule has 0 saturated carbocycles. The quantitative estimate of drug-likeness (QED) is 0.0882. The average molecular weight is 740 g/mol. The second-order valence-corrected chi connectivity index (χ2v) is 14.7. The van der Waals surface area contributed by atoms with Crippen molar-refractivity contribution < 1.29 is 38.3 Å². The maximum atomic E-state index is 13.5. The highest BCUT2D eigenvalue weighted by molar-refractivity contribution is 6.08. The van der Waals surface area contributed by atoms with Crippen LogP contribution in [0, 0.1) is 23.7 Å². The van der Waals surface area contributed by atoms with E-state index in [1.807, 2.05) is 119 Å². The number of benzene rings is 3. The highest BCUT2D eigenvalue weighted by Gasteiger charge is 2.43. The summed E-state index contributed by atoms with van der Waals surface area (Å²) in [6.07, 6.45) is 0.877. The maximum Gasteiger partial charge on any atom is 0.417 e. The summed E-state index contributed by atoms with van der Waals surface area (Å²) in [5.41, 5.74) is 3.64. The fraction of sp³-hybridized carbons (Fsp3) is 0.442. The third-order valence-electron chi connectivity index (χ3n) is 9.31. The number of hydrogen-bond acceptors (Lipinski definition) is 9. The Bertz CT molecular complexity index is 1730. The van der Waals surface area contributed by atoms with Gasteiger partial charge in [0.2, 0.25) is 11.8 Å². The molecule has 0 aliphatic carbocycles. The maximum absolute atomic E-state index is 13.5. The van der Waals surface area contributed by atoms with Crippen LogP contribution < -0.4 is 0 Å². The molecule has 5 rings (SSSR count). The summed E-state index contributed by atoms with van der Waals surface area (Å²) in [4.78, 5) is 70.4. The normalized spacial score (nSPS) is 18.1. The van der Waals surface area contributed by atoms with Crippen molar-refractivity contribution in [1.29, 1.82) is 0 Å². The van der Waals surface area contributed by atoms with E-state index in [0.717, 1.165) is 21.6 Å². The SMILES string of the molecule is CC(=NOCc1ccccc1)[C@@H](CC(C)C)C(=O)N1C(=O)OC[C@@H]1Cc1ccccc1.CC(=O)[C@@H](CC(C)C)C(=O)N1C(=O)OC[C@@H]1Cc1ccccc1. The zero-order valence-corrected chi connectivity index (χ0v) is 32.2. The van der Waals surface area contributed by atoms with Crippen molar-refractivity contribution in [2.45, 2.75) is 85.9 Å². The molecule has 54 heavy (non-hydrogen) atoms. The van der Waals surface area contributed by atoms with Crippen LogP contribution in [0.3, 0.4) is 0 Å². The number of amides is 4. The third-order valence-corrected chi connectivity index (χ3v) is 9.31. The molecule has 2 heterocycles. The van der Waals surface area contributed by atoms with Gasteiger partial charge < -0.3 is 14.3 Å². The summed E-state index contributed by atoms with van der Waals surface area (Å²) >= 11 is 0. The number of ether oxygens (including phenoxy) is 2. The minimum absolute atomic E-state index is 0.172. The van der Waals surface area contributed by atoms with Crippen LogP contribution in [-0.4, -0.2) is 70.6 Å². The Hall–Kier alpha value is -5.32. The number of ketones is 1. The fourth-order valence-corrected chi connectivity index (χ4v) is 6.55. The Balaban J connectivity index is 0.000000252. The van der Waals surface area contributed by atoms with Gasteiger partial charge in [-0.3, -0.25) is 14.4 Å². The van der Waals surface area contributed by atoms with Crippen molar-refractivity contribution in [3.63, 3.8) is 0 Å². The van der Waals surface area contributed by atoms with E-state index in [1.165, 1.54) is 11.8 Å². The Morgan fingerprint density at radius 3 is 1.44 bits per heavy atom. The van der Waals surface area contributed by atoms with E-state index in [1.54, 1.807) is 6.92 Å². The predicted molar refractivity (Wildman–Crippen MR) is 205 cm³/mol. The predicted octanol–water partition coefficient (Wildman–Crippen LogP) is 7.66. The molecule has 0 unspecified atom stereocenters. The summed E-state index contributed by atoms with van der Waals surface area (Å²) in [5.74, 6) is -1.80. The van der Waals surface area contributed by atoms with E-state index in [4.69, 9.17) is 14.3 Å². The first kappa shape index (κ1) is 41.4. The van der Waals surface area contributed by atoms with Crippen LogP contribution in [0.5, 0.6) is 0 Å². The number of cyclic esters (lactones) is 2. The van der Waals surface area contributed by atoms with E-state index in [9.17, 15) is 24.0 Å². The van der Waals surface area contributed by atoms with E-state index in [-0.39, 0.29) is 48.8 Å². The topological polar surface area (TPSA) is 132 Å². The van der Waals surface area contributed by atoms with Crippen LogP contribution in [0.15, 0.2) is 96.2 Å². The van der Waals surface area contributed by atoms with Crippen LogP contribution in [0.1, 0.15) is 71.1 Å². The number of hydrogen-bond donors (Lipinski definition) is 0. The molecule has 3 aromatic rings.